The topological polar surface area (TPSA) is 108 Å². The number of esters is 1. The van der Waals surface area contributed by atoms with Gasteiger partial charge in [0.05, 0.1) is 11.5 Å². The van der Waals surface area contributed by atoms with Crippen LogP contribution in [0.25, 0.3) is 16.3 Å². The molecule has 2 atom stereocenters. The summed E-state index contributed by atoms with van der Waals surface area (Å²) in [5.41, 5.74) is 1.29. The molecule has 8 heteroatoms. The molecule has 8 nitrogen and oxygen atoms in total. The fraction of sp³-hybridized carbons (Fsp3) is 0.238. The molecule has 0 radical (unpaired) electrons. The van der Waals surface area contributed by atoms with Crippen LogP contribution in [0.2, 0.25) is 0 Å². The number of benzene rings is 2. The molecule has 0 saturated carbocycles. The molecule has 0 aliphatic carbocycles. The van der Waals surface area contributed by atoms with Gasteiger partial charge in [-0.2, -0.15) is 0 Å². The average molecular weight is 393 g/mol. The highest BCUT2D eigenvalue weighted by Crippen LogP contribution is 2.43. The second-order valence-electron chi connectivity index (χ2n) is 6.78. The van der Waals surface area contributed by atoms with Gasteiger partial charge in [0, 0.05) is 17.7 Å². The Hall–Kier alpha value is -3.68. The molecule has 0 saturated heterocycles. The molecule has 2 heterocycles. The van der Waals surface area contributed by atoms with Crippen LogP contribution in [0.15, 0.2) is 53.2 Å². The minimum atomic E-state index is -0.726. The summed E-state index contributed by atoms with van der Waals surface area (Å²) in [6.07, 6.45) is 1.58. The summed E-state index contributed by atoms with van der Waals surface area (Å²) in [6, 6.07) is 13.0. The summed E-state index contributed by atoms with van der Waals surface area (Å²) in [5.74, 6) is -0.912. The fourth-order valence-corrected chi connectivity index (χ4v) is 3.73. The Morgan fingerprint density at radius 1 is 1.28 bits per heavy atom. The van der Waals surface area contributed by atoms with Crippen LogP contribution in [-0.2, 0) is 9.53 Å². The quantitative estimate of drug-likeness (QED) is 0.400. The Bertz CT molecular complexity index is 1130. The van der Waals surface area contributed by atoms with Gasteiger partial charge in [0.25, 0.3) is 0 Å². The van der Waals surface area contributed by atoms with Gasteiger partial charge in [-0.1, -0.05) is 47.6 Å². The Kier molecular flexibility index (Phi) is 4.75. The molecule has 4 rings (SSSR count). The monoisotopic (exact) mass is 393 g/mol. The maximum absolute atomic E-state index is 12.6. The van der Waals surface area contributed by atoms with Crippen molar-refractivity contribution in [2.45, 2.75) is 25.8 Å². The molecule has 0 fully saturated rings. The zero-order valence-electron chi connectivity index (χ0n) is 15.9. The second-order valence-corrected chi connectivity index (χ2v) is 6.78. The van der Waals surface area contributed by atoms with Crippen molar-refractivity contribution in [2.75, 3.05) is 6.61 Å². The van der Waals surface area contributed by atoms with Crippen molar-refractivity contribution in [1.82, 2.24) is 10.5 Å². The van der Waals surface area contributed by atoms with Crippen molar-refractivity contribution in [2.24, 2.45) is 0 Å². The lowest BCUT2D eigenvalue weighted by Gasteiger charge is -2.21. The van der Waals surface area contributed by atoms with Gasteiger partial charge in [-0.05, 0) is 30.2 Å². The van der Waals surface area contributed by atoms with Crippen LogP contribution in [0.4, 0.5) is 5.69 Å². The van der Waals surface area contributed by atoms with E-state index in [1.165, 1.54) is 6.92 Å². The standard InChI is InChI=1S/C21H19N3O5/c1-3-28-21(25)18-17(15-9-8-13-6-4-5-7-14(13)10-15)16(11-22-18)20-19(24(26)27)12(2)23-29-20/h4-11,17-18,22H,3H2,1-2H3/t17-,18-/m0/s1. The Morgan fingerprint density at radius 2 is 2.03 bits per heavy atom. The number of nitrogens with one attached hydrogen (secondary N) is 1. The SMILES string of the molecule is CCOC(=O)[C@H]1NC=C(c2onc(C)c2[N+](=O)[O-])[C@@H]1c1ccc2ccccc2c1. The molecule has 1 aromatic heterocycles. The third kappa shape index (κ3) is 3.22. The van der Waals surface area contributed by atoms with Crippen LogP contribution >= 0.6 is 0 Å². The molecular weight excluding hydrogens is 374 g/mol. The Balaban J connectivity index is 1.84. The lowest BCUT2D eigenvalue weighted by Crippen LogP contribution is -2.36. The number of hydrogen-bond donors (Lipinski definition) is 1. The van der Waals surface area contributed by atoms with Gasteiger partial charge in [-0.3, -0.25) is 10.1 Å². The molecule has 2 aromatic carbocycles. The van der Waals surface area contributed by atoms with E-state index in [0.717, 1.165) is 16.3 Å². The zero-order chi connectivity index (χ0) is 20.5. The van der Waals surface area contributed by atoms with Crippen LogP contribution in [0.5, 0.6) is 0 Å². The number of nitro groups is 1. The van der Waals surface area contributed by atoms with E-state index < -0.39 is 22.9 Å². The third-order valence-electron chi connectivity index (χ3n) is 5.04. The maximum atomic E-state index is 12.6. The van der Waals surface area contributed by atoms with Crippen molar-refractivity contribution in [3.63, 3.8) is 0 Å². The van der Waals surface area contributed by atoms with E-state index in [4.69, 9.17) is 9.26 Å². The van der Waals surface area contributed by atoms with E-state index in [-0.39, 0.29) is 23.7 Å². The van der Waals surface area contributed by atoms with Gasteiger partial charge in [-0.15, -0.1) is 0 Å². The first-order valence-corrected chi connectivity index (χ1v) is 9.23. The van der Waals surface area contributed by atoms with E-state index in [1.54, 1.807) is 13.1 Å². The predicted molar refractivity (Wildman–Crippen MR) is 106 cm³/mol. The van der Waals surface area contributed by atoms with E-state index in [1.807, 2.05) is 42.5 Å². The molecule has 148 valence electrons. The molecule has 29 heavy (non-hydrogen) atoms. The predicted octanol–water partition coefficient (Wildman–Crippen LogP) is 3.70. The number of rotatable bonds is 5. The summed E-state index contributed by atoms with van der Waals surface area (Å²) in [6.45, 7) is 3.48. The van der Waals surface area contributed by atoms with Gasteiger partial charge >= 0.3 is 11.7 Å². The number of aromatic nitrogens is 1. The van der Waals surface area contributed by atoms with E-state index in [0.29, 0.717) is 5.57 Å². The Morgan fingerprint density at radius 3 is 2.76 bits per heavy atom. The summed E-state index contributed by atoms with van der Waals surface area (Å²) >= 11 is 0. The van der Waals surface area contributed by atoms with Crippen molar-refractivity contribution < 1.29 is 19.0 Å². The molecular formula is C21H19N3O5. The van der Waals surface area contributed by atoms with E-state index in [9.17, 15) is 14.9 Å². The van der Waals surface area contributed by atoms with Crippen molar-refractivity contribution in [3.8, 4) is 0 Å². The van der Waals surface area contributed by atoms with Gasteiger partial charge in [0.2, 0.25) is 5.76 Å². The molecule has 1 aliphatic heterocycles. The van der Waals surface area contributed by atoms with Crippen molar-refractivity contribution in [1.29, 1.82) is 0 Å². The zero-order valence-corrected chi connectivity index (χ0v) is 15.9. The number of hydrogen-bond acceptors (Lipinski definition) is 7. The lowest BCUT2D eigenvalue weighted by molar-refractivity contribution is -0.386. The van der Waals surface area contributed by atoms with Gasteiger partial charge in [0.15, 0.2) is 5.69 Å². The molecule has 0 bridgehead atoms. The molecule has 1 aliphatic rings. The highest BCUT2D eigenvalue weighted by Gasteiger charge is 2.42. The first-order valence-electron chi connectivity index (χ1n) is 9.23. The number of carbonyl (C=O) groups is 1. The van der Waals surface area contributed by atoms with E-state index in [2.05, 4.69) is 10.5 Å². The molecule has 0 spiro atoms. The molecule has 0 amide bonds. The smallest absolute Gasteiger partial charge is 0.339 e. The van der Waals surface area contributed by atoms with Crippen molar-refractivity contribution in [3.05, 3.63) is 75.8 Å². The summed E-state index contributed by atoms with van der Waals surface area (Å²) in [7, 11) is 0. The van der Waals surface area contributed by atoms with Gasteiger partial charge in [0.1, 0.15) is 6.04 Å². The number of carbonyl (C=O) groups excluding carboxylic acids is 1. The molecule has 1 N–H and O–H groups in total. The van der Waals surface area contributed by atoms with Crippen LogP contribution in [-0.4, -0.2) is 28.7 Å². The minimum absolute atomic E-state index is 0.0463. The number of nitrogens with zero attached hydrogens (tertiary/aromatic N) is 2. The first-order chi connectivity index (χ1) is 14.0. The minimum Gasteiger partial charge on any atom is -0.464 e. The highest BCUT2D eigenvalue weighted by atomic mass is 16.6. The van der Waals surface area contributed by atoms with Crippen LogP contribution in [0.1, 0.15) is 29.9 Å². The molecule has 0 unspecified atom stereocenters. The Labute approximate surface area is 166 Å². The fourth-order valence-electron chi connectivity index (χ4n) is 3.73. The summed E-state index contributed by atoms with van der Waals surface area (Å²) in [5, 5.41) is 20.4. The van der Waals surface area contributed by atoms with Crippen molar-refractivity contribution >= 4 is 28.0 Å². The van der Waals surface area contributed by atoms with Crippen LogP contribution < -0.4 is 5.32 Å². The maximum Gasteiger partial charge on any atom is 0.339 e. The second kappa shape index (κ2) is 7.38. The van der Waals surface area contributed by atoms with Crippen LogP contribution in [0, 0.1) is 17.0 Å². The van der Waals surface area contributed by atoms with Gasteiger partial charge in [-0.25, -0.2) is 4.79 Å². The largest absolute Gasteiger partial charge is 0.464 e. The highest BCUT2D eigenvalue weighted by molar-refractivity contribution is 5.89. The summed E-state index contributed by atoms with van der Waals surface area (Å²) < 4.78 is 10.5. The summed E-state index contributed by atoms with van der Waals surface area (Å²) in [4.78, 5) is 23.6. The lowest BCUT2D eigenvalue weighted by atomic mass is 9.85. The first kappa shape index (κ1) is 18.7. The number of fused-ring (bicyclic) bond motifs is 1. The molecule has 3 aromatic rings. The third-order valence-corrected chi connectivity index (χ3v) is 5.04. The van der Waals surface area contributed by atoms with Crippen LogP contribution in [0.3, 0.4) is 0 Å². The number of ether oxygens (including phenoxy) is 1. The van der Waals surface area contributed by atoms with E-state index >= 15 is 0 Å². The number of aryl methyl sites for hydroxylation is 1. The van der Waals surface area contributed by atoms with Gasteiger partial charge < -0.3 is 14.6 Å². The normalized spacial score (nSPS) is 18.3. The average Bonchev–Trinajstić information content (AvgIpc) is 3.31.